The number of piperidine rings is 1. The lowest BCUT2D eigenvalue weighted by molar-refractivity contribution is -0.115. The Labute approximate surface area is 191 Å². The van der Waals surface area contributed by atoms with Gasteiger partial charge in [-0.15, -0.1) is 0 Å². The van der Waals surface area contributed by atoms with Crippen molar-refractivity contribution in [3.63, 3.8) is 0 Å². The average molecular weight is 434 g/mol. The van der Waals surface area contributed by atoms with Crippen LogP contribution in [0.3, 0.4) is 0 Å². The van der Waals surface area contributed by atoms with E-state index in [9.17, 15) is 9.59 Å². The van der Waals surface area contributed by atoms with Crippen molar-refractivity contribution in [3.8, 4) is 0 Å². The Bertz CT molecular complexity index is 1010. The average Bonchev–Trinajstić information content (AvgIpc) is 3.13. The number of amides is 2. The Kier molecular flexibility index (Phi) is 6.13. The van der Waals surface area contributed by atoms with Crippen molar-refractivity contribution in [2.45, 2.75) is 83.3 Å². The third kappa shape index (κ3) is 5.57. The number of aryl methyl sites for hydroxylation is 2. The van der Waals surface area contributed by atoms with E-state index >= 15 is 0 Å². The van der Waals surface area contributed by atoms with Gasteiger partial charge in [-0.2, -0.15) is 0 Å². The third-order valence-corrected chi connectivity index (χ3v) is 6.46. The summed E-state index contributed by atoms with van der Waals surface area (Å²) in [6, 6.07) is 13.7. The Morgan fingerprint density at radius 3 is 2.44 bits per heavy atom. The van der Waals surface area contributed by atoms with Crippen LogP contribution in [0.25, 0.3) is 0 Å². The van der Waals surface area contributed by atoms with Crippen LogP contribution in [-0.4, -0.2) is 28.9 Å². The highest BCUT2D eigenvalue weighted by atomic mass is 16.2. The molecule has 32 heavy (non-hydrogen) atoms. The van der Waals surface area contributed by atoms with Crippen LogP contribution in [0.5, 0.6) is 0 Å². The quantitative estimate of drug-likeness (QED) is 0.655. The smallest absolute Gasteiger partial charge is 0.251 e. The number of carbonyl (C=O) groups is 2. The second-order valence-electron chi connectivity index (χ2n) is 10.7. The van der Waals surface area contributed by atoms with Crippen LogP contribution in [0, 0.1) is 0 Å². The molecule has 1 fully saturated rings. The Hall–Kier alpha value is -2.66. The summed E-state index contributed by atoms with van der Waals surface area (Å²) in [6.45, 7) is 8.70. The second-order valence-corrected chi connectivity index (χ2v) is 10.7. The van der Waals surface area contributed by atoms with E-state index < -0.39 is 0 Å². The van der Waals surface area contributed by atoms with Gasteiger partial charge in [0.05, 0.1) is 6.42 Å². The number of nitrogens with one attached hydrogen (secondary N) is 3. The summed E-state index contributed by atoms with van der Waals surface area (Å²) in [6.07, 6.45) is 5.40. The van der Waals surface area contributed by atoms with Gasteiger partial charge in [0, 0.05) is 28.4 Å². The standard InChI is InChI=1S/C27H35N3O2/c1-26(2)16-23(17-27(3,4)30-26)29-25(32)21-10-5-7-18(13-21)14-24(31)28-22-12-11-19-8-6-9-20(19)15-22/h5,7,10-13,15,23,30H,6,8-9,14,16-17H2,1-4H3,(H,28,31)(H,29,32). The van der Waals surface area contributed by atoms with Crippen LogP contribution in [0.1, 0.15) is 74.0 Å². The van der Waals surface area contributed by atoms with Crippen LogP contribution in [0.2, 0.25) is 0 Å². The van der Waals surface area contributed by atoms with Crippen molar-refractivity contribution in [1.82, 2.24) is 10.6 Å². The summed E-state index contributed by atoms with van der Waals surface area (Å²) in [5, 5.41) is 9.86. The number of hydrogen-bond donors (Lipinski definition) is 3. The zero-order chi connectivity index (χ0) is 22.9. The first-order valence-corrected chi connectivity index (χ1v) is 11.7. The molecular formula is C27H35N3O2. The van der Waals surface area contributed by atoms with Crippen molar-refractivity contribution in [2.24, 2.45) is 0 Å². The Morgan fingerprint density at radius 1 is 0.969 bits per heavy atom. The van der Waals surface area contributed by atoms with Gasteiger partial charge >= 0.3 is 0 Å². The summed E-state index contributed by atoms with van der Waals surface area (Å²) < 4.78 is 0. The van der Waals surface area contributed by atoms with Gasteiger partial charge in [-0.1, -0.05) is 18.2 Å². The molecule has 1 heterocycles. The van der Waals surface area contributed by atoms with Crippen LogP contribution in [-0.2, 0) is 24.1 Å². The molecule has 2 amide bonds. The van der Waals surface area contributed by atoms with Gasteiger partial charge in [0.2, 0.25) is 5.91 Å². The molecule has 0 unspecified atom stereocenters. The fraction of sp³-hybridized carbons (Fsp3) is 0.481. The lowest BCUT2D eigenvalue weighted by Crippen LogP contribution is -2.62. The summed E-state index contributed by atoms with van der Waals surface area (Å²) in [4.78, 5) is 25.5. The molecule has 5 heteroatoms. The SMILES string of the molecule is CC1(C)CC(NC(=O)c2cccc(CC(=O)Nc3ccc4c(c3)CCC4)c2)CC(C)(C)N1. The molecule has 0 spiro atoms. The van der Waals surface area contributed by atoms with Crippen LogP contribution < -0.4 is 16.0 Å². The van der Waals surface area contributed by atoms with E-state index in [0.717, 1.165) is 36.9 Å². The highest BCUT2D eigenvalue weighted by Crippen LogP contribution is 2.29. The number of carbonyl (C=O) groups excluding carboxylic acids is 2. The van der Waals surface area contributed by atoms with Crippen molar-refractivity contribution in [3.05, 3.63) is 64.7 Å². The Balaban J connectivity index is 1.37. The minimum absolute atomic E-state index is 0.0306. The molecule has 0 radical (unpaired) electrons. The van der Waals surface area contributed by atoms with Crippen molar-refractivity contribution in [1.29, 1.82) is 0 Å². The summed E-state index contributed by atoms with van der Waals surface area (Å²) in [5.41, 5.74) is 4.95. The molecule has 1 saturated heterocycles. The van der Waals surface area contributed by atoms with E-state index in [1.54, 1.807) is 0 Å². The lowest BCUT2D eigenvalue weighted by atomic mass is 9.79. The lowest BCUT2D eigenvalue weighted by Gasteiger charge is -2.46. The molecule has 4 rings (SSSR count). The van der Waals surface area contributed by atoms with E-state index in [4.69, 9.17) is 0 Å². The molecule has 2 aliphatic rings. The monoisotopic (exact) mass is 433 g/mol. The van der Waals surface area contributed by atoms with E-state index in [1.165, 1.54) is 17.5 Å². The van der Waals surface area contributed by atoms with Crippen LogP contribution in [0.4, 0.5) is 5.69 Å². The first-order valence-electron chi connectivity index (χ1n) is 11.7. The van der Waals surface area contributed by atoms with Crippen molar-refractivity contribution in [2.75, 3.05) is 5.32 Å². The molecule has 1 aliphatic carbocycles. The molecule has 3 N–H and O–H groups in total. The molecule has 0 aromatic heterocycles. The summed E-state index contributed by atoms with van der Waals surface area (Å²) >= 11 is 0. The minimum atomic E-state index is -0.0793. The van der Waals surface area contributed by atoms with E-state index in [2.05, 4.69) is 55.8 Å². The normalized spacial score (nSPS) is 19.2. The fourth-order valence-electron chi connectivity index (χ4n) is 5.56. The molecule has 0 atom stereocenters. The highest BCUT2D eigenvalue weighted by Gasteiger charge is 2.38. The van der Waals surface area contributed by atoms with E-state index in [1.807, 2.05) is 30.3 Å². The van der Waals surface area contributed by atoms with Gasteiger partial charge in [0.1, 0.15) is 0 Å². The number of rotatable bonds is 5. The third-order valence-electron chi connectivity index (χ3n) is 6.46. The molecule has 2 aromatic carbocycles. The predicted octanol–water partition coefficient (Wildman–Crippen LogP) is 4.40. The molecule has 2 aromatic rings. The summed E-state index contributed by atoms with van der Waals surface area (Å²) in [5.74, 6) is -0.147. The van der Waals surface area contributed by atoms with Crippen molar-refractivity contribution >= 4 is 17.5 Å². The molecule has 0 saturated carbocycles. The zero-order valence-corrected chi connectivity index (χ0v) is 19.7. The number of anilines is 1. The van der Waals surface area contributed by atoms with Gasteiger partial charge in [-0.3, -0.25) is 9.59 Å². The predicted molar refractivity (Wildman–Crippen MR) is 129 cm³/mol. The maximum Gasteiger partial charge on any atom is 0.251 e. The maximum atomic E-state index is 12.9. The van der Waals surface area contributed by atoms with Gasteiger partial charge in [-0.25, -0.2) is 0 Å². The number of benzene rings is 2. The molecule has 5 nitrogen and oxygen atoms in total. The molecule has 0 bridgehead atoms. The Morgan fingerprint density at radius 2 is 1.69 bits per heavy atom. The minimum Gasteiger partial charge on any atom is -0.349 e. The topological polar surface area (TPSA) is 70.2 Å². The van der Waals surface area contributed by atoms with Gasteiger partial charge in [0.15, 0.2) is 0 Å². The maximum absolute atomic E-state index is 12.9. The number of hydrogen-bond acceptors (Lipinski definition) is 3. The molecule has 170 valence electrons. The van der Waals surface area contributed by atoms with E-state index in [-0.39, 0.29) is 35.4 Å². The van der Waals surface area contributed by atoms with E-state index in [0.29, 0.717) is 5.56 Å². The molecular weight excluding hydrogens is 398 g/mol. The summed E-state index contributed by atoms with van der Waals surface area (Å²) in [7, 11) is 0. The zero-order valence-electron chi connectivity index (χ0n) is 19.7. The number of fused-ring (bicyclic) bond motifs is 1. The molecule has 1 aliphatic heterocycles. The van der Waals surface area contributed by atoms with Crippen LogP contribution >= 0.6 is 0 Å². The second kappa shape index (κ2) is 8.70. The first-order chi connectivity index (χ1) is 15.1. The van der Waals surface area contributed by atoms with Crippen molar-refractivity contribution < 1.29 is 9.59 Å². The van der Waals surface area contributed by atoms with Crippen LogP contribution in [0.15, 0.2) is 42.5 Å². The van der Waals surface area contributed by atoms with Gasteiger partial charge in [0.25, 0.3) is 5.91 Å². The van der Waals surface area contributed by atoms with Gasteiger partial charge < -0.3 is 16.0 Å². The first kappa shape index (κ1) is 22.5. The fourth-order valence-corrected chi connectivity index (χ4v) is 5.56. The van der Waals surface area contributed by atoms with Gasteiger partial charge in [-0.05, 0) is 101 Å². The largest absolute Gasteiger partial charge is 0.349 e. The highest BCUT2D eigenvalue weighted by molar-refractivity contribution is 5.96.